The highest BCUT2D eigenvalue weighted by molar-refractivity contribution is 7.66. The summed E-state index contributed by atoms with van der Waals surface area (Å²) in [6.45, 7) is -1.02. The number of methoxy groups -OCH3 is 1. The van der Waals surface area contributed by atoms with Crippen LogP contribution in [-0.4, -0.2) is 172 Å². The summed E-state index contributed by atoms with van der Waals surface area (Å²) in [4.78, 5) is 100. The Kier molecular flexibility index (Phi) is 16.8. The largest absolute Gasteiger partial charge is 0.778 e. The lowest BCUT2D eigenvalue weighted by Crippen LogP contribution is -2.45. The molecule has 0 amide bonds. The monoisotopic (exact) mass is 1200 g/mol. The van der Waals surface area contributed by atoms with E-state index in [0.29, 0.717) is 13.0 Å². The standard InChI is InChI=1S/C37H53N15O23P4/c1-4-6-67-7-5-15-16(71-33(22(15)53)52-14-49(2)21-30(52)46-37(40)48-32(21)57)8-69-77(60,61)74-79(64,65)75-78(62,63)70-10-18-26(25(66-3)35(73-18)50-12-43-19-27(38)41-11-42-28(19)50)76(58,59)68-9-17-23(54)24(55)34(72-17)51-13-44-20-29(51)45-36(39)47-31(20)56/h11-18,22-26,33-35,53-55H,4-10H2,1-3H3,(H11-,38,39,40,41,42,45,46,47,48,56,57,58,59,60,61,62,63,64,65)/t15-,16-,17-,18?,22-,23-,24-,25-,26-,33-,34-,35-/m1/s1. The van der Waals surface area contributed by atoms with Gasteiger partial charge in [-0.25, -0.2) is 38.2 Å². The molecule has 42 heteroatoms. The number of imidazole rings is 3. The Morgan fingerprint density at radius 2 is 1.37 bits per heavy atom. The van der Waals surface area contributed by atoms with Crippen molar-refractivity contribution in [2.45, 2.75) is 86.8 Å². The predicted molar refractivity (Wildman–Crippen MR) is 259 cm³/mol. The molecule has 3 fully saturated rings. The molecule has 9 heterocycles. The summed E-state index contributed by atoms with van der Waals surface area (Å²) < 4.78 is 112. The number of hydrogen-bond acceptors (Lipinski definition) is 29. The molecule has 38 nitrogen and oxygen atoms in total. The summed E-state index contributed by atoms with van der Waals surface area (Å²) in [5.41, 5.74) is 13.7. The highest BCUT2D eigenvalue weighted by Crippen LogP contribution is 2.68. The maximum Gasteiger partial charge on any atom is 0.490 e. The summed E-state index contributed by atoms with van der Waals surface area (Å²) in [6, 6.07) is 0. The van der Waals surface area contributed by atoms with Gasteiger partial charge < -0.3 is 84.9 Å². The van der Waals surface area contributed by atoms with Crippen LogP contribution in [0.1, 0.15) is 38.4 Å². The molecule has 16 atom stereocenters. The molecule has 0 spiro atoms. The zero-order valence-electron chi connectivity index (χ0n) is 41.3. The first kappa shape index (κ1) is 58.5. The third kappa shape index (κ3) is 12.0. The van der Waals surface area contributed by atoms with Crippen molar-refractivity contribution in [3.8, 4) is 0 Å². The number of hydrogen-bond donors (Lipinski definition) is 11. The molecular weight excluding hydrogens is 1150 g/mol. The molecule has 79 heavy (non-hydrogen) atoms. The minimum absolute atomic E-state index is 0.00435. The number of aryl methyl sites for hydroxylation is 1. The SMILES string of the molecule is CCCOCC[C@H]1[C@@H](O)[C@H]([n+]2cn(C)c3c(=O)[nH]c(N)nc32)O[C@@H]1COP(=O)(O)OP(=O)(O)OP(=O)(O)OCC1O[C@@H](n2cnc3c(N)ncnc32)[C@H](OC)[C@@H]1P(=O)([O-])OC[C@H]1O[C@@H](n2cnc3c(=O)[nH]c(N)nc32)[C@H](O)[C@@H]1O. The Bertz CT molecular complexity index is 3550. The summed E-state index contributed by atoms with van der Waals surface area (Å²) in [6.07, 6.45) is -10.7. The second-order valence-electron chi connectivity index (χ2n) is 18.0. The molecule has 6 aromatic rings. The molecular formula is C37H53N15O23P4. The maximum atomic E-state index is 14.4. The lowest BCUT2D eigenvalue weighted by Gasteiger charge is -2.35. The fraction of sp³-hybridized carbons (Fsp3) is 0.595. The minimum Gasteiger partial charge on any atom is -0.778 e. The zero-order valence-corrected chi connectivity index (χ0v) is 44.9. The van der Waals surface area contributed by atoms with Gasteiger partial charge in [-0.15, -0.1) is 0 Å². The quantitative estimate of drug-likeness (QED) is 0.0171. The van der Waals surface area contributed by atoms with E-state index in [2.05, 4.69) is 48.5 Å². The second-order valence-corrected chi connectivity index (χ2v) is 24.6. The predicted octanol–water partition coefficient (Wildman–Crippen LogP) is -3.20. The molecule has 0 radical (unpaired) electrons. The minimum atomic E-state index is -6.21. The molecule has 3 aliphatic heterocycles. The van der Waals surface area contributed by atoms with Gasteiger partial charge in [-0.2, -0.15) is 13.6 Å². The molecule has 3 aliphatic rings. The number of ether oxygens (including phenoxy) is 5. The third-order valence-corrected chi connectivity index (χ3v) is 19.0. The summed E-state index contributed by atoms with van der Waals surface area (Å²) >= 11 is 0. The third-order valence-electron chi connectivity index (χ3n) is 12.8. The van der Waals surface area contributed by atoms with Gasteiger partial charge >= 0.3 is 29.1 Å². The van der Waals surface area contributed by atoms with Crippen LogP contribution >= 0.6 is 31.1 Å². The number of aliphatic hydroxyl groups excluding tert-OH is 3. The Hall–Kier alpha value is -5.11. The molecule has 5 unspecified atom stereocenters. The first-order valence-electron chi connectivity index (χ1n) is 23.4. The van der Waals surface area contributed by atoms with Gasteiger partial charge in [0.15, 0.2) is 41.4 Å². The van der Waals surface area contributed by atoms with Gasteiger partial charge in [0.05, 0.1) is 57.4 Å². The number of fused-ring (bicyclic) bond motifs is 3. The van der Waals surface area contributed by atoms with Gasteiger partial charge in [-0.1, -0.05) is 11.9 Å². The zero-order chi connectivity index (χ0) is 57.1. The van der Waals surface area contributed by atoms with Crippen molar-refractivity contribution in [1.82, 2.24) is 53.6 Å². The van der Waals surface area contributed by atoms with Gasteiger partial charge in [-0.05, 0) is 12.8 Å². The van der Waals surface area contributed by atoms with Crippen molar-refractivity contribution < 1.29 is 104 Å². The summed E-state index contributed by atoms with van der Waals surface area (Å²) in [5, 5.41) is 33.5. The van der Waals surface area contributed by atoms with E-state index in [0.717, 1.165) is 30.7 Å². The van der Waals surface area contributed by atoms with Crippen LogP contribution in [0.15, 0.2) is 34.9 Å². The van der Waals surface area contributed by atoms with Crippen LogP contribution in [0.4, 0.5) is 17.7 Å². The summed E-state index contributed by atoms with van der Waals surface area (Å²) in [7, 11) is -21.0. The highest BCUT2D eigenvalue weighted by Gasteiger charge is 2.55. The second kappa shape index (κ2) is 22.7. The van der Waals surface area contributed by atoms with E-state index >= 15 is 0 Å². The topological polar surface area (TPSA) is 545 Å². The number of anilines is 3. The number of aromatic nitrogens is 12. The van der Waals surface area contributed by atoms with Crippen molar-refractivity contribution in [2.75, 3.05) is 57.3 Å². The van der Waals surface area contributed by atoms with Crippen LogP contribution in [0.2, 0.25) is 0 Å². The van der Waals surface area contributed by atoms with Crippen LogP contribution in [-0.2, 0) is 71.2 Å². The molecule has 0 saturated carbocycles. The smallest absolute Gasteiger partial charge is 0.490 e. The first-order valence-corrected chi connectivity index (χ1v) is 29.5. The fourth-order valence-electron chi connectivity index (χ4n) is 9.38. The Labute approximate surface area is 441 Å². The fourth-order valence-corrected chi connectivity index (χ4v) is 14.6. The van der Waals surface area contributed by atoms with Crippen LogP contribution in [0.5, 0.6) is 0 Å². The van der Waals surface area contributed by atoms with E-state index in [-0.39, 0.29) is 64.2 Å². The Morgan fingerprint density at radius 3 is 2.05 bits per heavy atom. The van der Waals surface area contributed by atoms with Crippen molar-refractivity contribution in [1.29, 1.82) is 0 Å². The van der Waals surface area contributed by atoms with E-state index < -0.39 is 135 Å². The molecule has 3 saturated heterocycles. The number of phosphoric ester groups is 2. The van der Waals surface area contributed by atoms with Crippen molar-refractivity contribution in [2.24, 2.45) is 13.0 Å². The lowest BCUT2D eigenvalue weighted by molar-refractivity contribution is -0.745. The highest BCUT2D eigenvalue weighted by atomic mass is 31.3. The maximum absolute atomic E-state index is 14.4. The van der Waals surface area contributed by atoms with Gasteiger partial charge in [0.1, 0.15) is 50.0 Å². The van der Waals surface area contributed by atoms with E-state index in [4.69, 9.17) is 54.5 Å². The average molecular weight is 1200 g/mol. The van der Waals surface area contributed by atoms with Crippen LogP contribution in [0.3, 0.4) is 0 Å². The number of nitrogens with one attached hydrogen (secondary N) is 2. The van der Waals surface area contributed by atoms with Crippen LogP contribution in [0, 0.1) is 5.92 Å². The molecule has 6 aromatic heterocycles. The molecule has 0 aromatic carbocycles. The molecule has 14 N–H and O–H groups in total. The van der Waals surface area contributed by atoms with Gasteiger partial charge in [-0.3, -0.25) is 42.3 Å². The number of nitrogens with zero attached hydrogens (tertiary/aromatic N) is 10. The van der Waals surface area contributed by atoms with E-state index in [1.807, 2.05) is 6.92 Å². The number of phosphoric acid groups is 3. The molecule has 0 bridgehead atoms. The first-order chi connectivity index (χ1) is 37.2. The van der Waals surface area contributed by atoms with Crippen LogP contribution < -0.4 is 37.8 Å². The Balaban J connectivity index is 0.890. The number of nitrogen functional groups attached to an aromatic ring is 3. The number of rotatable bonds is 23. The van der Waals surface area contributed by atoms with Crippen LogP contribution in [0.25, 0.3) is 33.5 Å². The van der Waals surface area contributed by atoms with E-state index in [1.165, 1.54) is 27.1 Å². The molecule has 0 aliphatic carbocycles. The van der Waals surface area contributed by atoms with Crippen molar-refractivity contribution >= 4 is 82.3 Å². The number of H-pyrrole nitrogens is 2. The van der Waals surface area contributed by atoms with E-state index in [9.17, 15) is 62.7 Å². The van der Waals surface area contributed by atoms with Gasteiger partial charge in [0.2, 0.25) is 17.7 Å². The van der Waals surface area contributed by atoms with Crippen molar-refractivity contribution in [3.63, 3.8) is 0 Å². The summed E-state index contributed by atoms with van der Waals surface area (Å²) in [5.74, 6) is -1.62. The molecule has 434 valence electrons. The number of aliphatic hydroxyl groups is 3. The van der Waals surface area contributed by atoms with Gasteiger partial charge in [0.25, 0.3) is 17.1 Å². The van der Waals surface area contributed by atoms with E-state index in [1.54, 1.807) is 0 Å². The molecule has 9 rings (SSSR count). The lowest BCUT2D eigenvalue weighted by atomic mass is 9.95. The van der Waals surface area contributed by atoms with Crippen molar-refractivity contribution in [3.05, 3.63) is 46.0 Å². The Morgan fingerprint density at radius 1 is 0.747 bits per heavy atom. The number of nitrogens with two attached hydrogens (primary N) is 3. The average Bonchev–Trinajstić information content (AvgIpc) is 4.44. The normalized spacial score (nSPS) is 29.5. The van der Waals surface area contributed by atoms with Gasteiger partial charge in [0, 0.05) is 26.2 Å². The number of aromatic amines is 2.